The van der Waals surface area contributed by atoms with E-state index in [0.717, 1.165) is 18.7 Å². The molecule has 0 atom stereocenters. The van der Waals surface area contributed by atoms with Gasteiger partial charge in [0.2, 0.25) is 0 Å². The van der Waals surface area contributed by atoms with E-state index in [-0.39, 0.29) is 5.56 Å². The van der Waals surface area contributed by atoms with Crippen molar-refractivity contribution in [3.63, 3.8) is 0 Å². The smallest absolute Gasteiger partial charge is 0.283 e. The Bertz CT molecular complexity index is 485. The first-order valence-electron chi connectivity index (χ1n) is 6.16. The maximum Gasteiger partial charge on any atom is 0.283 e. The Morgan fingerprint density at radius 1 is 1.61 bits per heavy atom. The first-order valence-corrected chi connectivity index (χ1v) is 8.18. The molecule has 18 heavy (non-hydrogen) atoms. The zero-order valence-electron chi connectivity index (χ0n) is 10.7. The van der Waals surface area contributed by atoms with Crippen molar-refractivity contribution in [2.45, 2.75) is 37.5 Å². The van der Waals surface area contributed by atoms with Crippen molar-refractivity contribution in [1.29, 1.82) is 0 Å². The van der Waals surface area contributed by atoms with Crippen LogP contribution < -0.4 is 10.9 Å². The van der Waals surface area contributed by atoms with Crippen molar-refractivity contribution < 1.29 is 0 Å². The molecule has 100 valence electrons. The molecule has 4 nitrogen and oxygen atoms in total. The average Bonchev–Trinajstić information content (AvgIpc) is 3.15. The molecular formula is C12H18BrN3OS. The van der Waals surface area contributed by atoms with E-state index in [1.165, 1.54) is 17.5 Å². The predicted octanol–water partition coefficient (Wildman–Crippen LogP) is 2.72. The van der Waals surface area contributed by atoms with Gasteiger partial charge in [-0.05, 0) is 41.4 Å². The third kappa shape index (κ3) is 2.91. The lowest BCUT2D eigenvalue weighted by molar-refractivity contribution is 0.566. The van der Waals surface area contributed by atoms with E-state index < -0.39 is 0 Å². The van der Waals surface area contributed by atoms with Gasteiger partial charge < -0.3 is 5.32 Å². The highest BCUT2D eigenvalue weighted by Crippen LogP contribution is 2.47. The van der Waals surface area contributed by atoms with Crippen LogP contribution >= 0.6 is 27.7 Å². The van der Waals surface area contributed by atoms with E-state index in [2.05, 4.69) is 32.6 Å². The topological polar surface area (TPSA) is 46.9 Å². The maximum atomic E-state index is 12.0. The van der Waals surface area contributed by atoms with Crippen LogP contribution in [0.5, 0.6) is 0 Å². The van der Waals surface area contributed by atoms with Gasteiger partial charge >= 0.3 is 0 Å². The van der Waals surface area contributed by atoms with Gasteiger partial charge in [0.25, 0.3) is 5.56 Å². The number of hydrogen-bond acceptors (Lipinski definition) is 4. The number of nitrogens with zero attached hydrogens (tertiary/aromatic N) is 2. The molecule has 1 aromatic rings. The van der Waals surface area contributed by atoms with Gasteiger partial charge in [0.1, 0.15) is 4.47 Å². The Kier molecular flexibility index (Phi) is 4.37. The highest BCUT2D eigenvalue weighted by Gasteiger charge is 2.41. The van der Waals surface area contributed by atoms with Gasteiger partial charge in [-0.2, -0.15) is 16.9 Å². The summed E-state index contributed by atoms with van der Waals surface area (Å²) in [6, 6.07) is 0. The van der Waals surface area contributed by atoms with Crippen molar-refractivity contribution in [2.24, 2.45) is 0 Å². The normalized spacial score (nSPS) is 16.6. The minimum absolute atomic E-state index is 0.0594. The van der Waals surface area contributed by atoms with Crippen LogP contribution in [-0.4, -0.2) is 27.3 Å². The van der Waals surface area contributed by atoms with E-state index in [1.54, 1.807) is 6.20 Å². The maximum absolute atomic E-state index is 12.0. The molecule has 1 fully saturated rings. The van der Waals surface area contributed by atoms with Crippen LogP contribution in [0.1, 0.15) is 26.2 Å². The monoisotopic (exact) mass is 331 g/mol. The summed E-state index contributed by atoms with van der Waals surface area (Å²) in [5, 5.41) is 7.51. The third-order valence-electron chi connectivity index (χ3n) is 3.26. The Morgan fingerprint density at radius 3 is 2.89 bits per heavy atom. The summed E-state index contributed by atoms with van der Waals surface area (Å²) < 4.78 is 2.46. The van der Waals surface area contributed by atoms with E-state index in [4.69, 9.17) is 0 Å². The molecule has 0 spiro atoms. The van der Waals surface area contributed by atoms with Gasteiger partial charge in [-0.1, -0.05) is 6.92 Å². The number of aryl methyl sites for hydroxylation is 1. The zero-order chi connectivity index (χ0) is 13.2. The van der Waals surface area contributed by atoms with Crippen LogP contribution in [0, 0.1) is 0 Å². The fourth-order valence-electron chi connectivity index (χ4n) is 1.81. The predicted molar refractivity (Wildman–Crippen MR) is 80.5 cm³/mol. The number of halogens is 1. The van der Waals surface area contributed by atoms with Crippen LogP contribution in [0.3, 0.4) is 0 Å². The fraction of sp³-hybridized carbons (Fsp3) is 0.667. The van der Waals surface area contributed by atoms with Crippen molar-refractivity contribution in [3.05, 3.63) is 21.0 Å². The van der Waals surface area contributed by atoms with Crippen molar-refractivity contribution in [1.82, 2.24) is 9.78 Å². The van der Waals surface area contributed by atoms with Crippen LogP contribution in [-0.2, 0) is 6.54 Å². The Hall–Kier alpha value is -0.490. The van der Waals surface area contributed by atoms with E-state index in [1.807, 2.05) is 18.7 Å². The Morgan fingerprint density at radius 2 is 2.33 bits per heavy atom. The lowest BCUT2D eigenvalue weighted by Crippen LogP contribution is -2.26. The lowest BCUT2D eigenvalue weighted by atomic mass is 10.3. The number of hydrogen-bond donors (Lipinski definition) is 1. The van der Waals surface area contributed by atoms with Crippen LogP contribution in [0.15, 0.2) is 15.5 Å². The summed E-state index contributed by atoms with van der Waals surface area (Å²) >= 11 is 5.27. The number of rotatable bonds is 6. The second kappa shape index (κ2) is 5.65. The van der Waals surface area contributed by atoms with Crippen LogP contribution in [0.25, 0.3) is 0 Å². The number of anilines is 1. The summed E-state index contributed by atoms with van der Waals surface area (Å²) in [5.74, 6) is 0. The molecule has 0 radical (unpaired) electrons. The van der Waals surface area contributed by atoms with Crippen molar-refractivity contribution in [2.75, 3.05) is 18.1 Å². The number of thioether (sulfide) groups is 1. The van der Waals surface area contributed by atoms with E-state index in [0.29, 0.717) is 15.8 Å². The summed E-state index contributed by atoms with van der Waals surface area (Å²) in [6.45, 7) is 3.58. The quantitative estimate of drug-likeness (QED) is 0.870. The first-order chi connectivity index (χ1) is 8.62. The van der Waals surface area contributed by atoms with Crippen molar-refractivity contribution >= 4 is 33.4 Å². The molecule has 0 aliphatic heterocycles. The number of nitrogens with one attached hydrogen (secondary N) is 1. The zero-order valence-corrected chi connectivity index (χ0v) is 13.1. The summed E-state index contributed by atoms with van der Waals surface area (Å²) in [5.41, 5.74) is 0.739. The highest BCUT2D eigenvalue weighted by molar-refractivity contribution is 9.10. The van der Waals surface area contributed by atoms with Crippen LogP contribution in [0.4, 0.5) is 5.69 Å². The van der Waals surface area contributed by atoms with Gasteiger partial charge in [-0.15, -0.1) is 0 Å². The molecule has 0 unspecified atom stereocenters. The van der Waals surface area contributed by atoms with Crippen LogP contribution in [0.2, 0.25) is 0 Å². The molecule has 1 N–H and O–H groups in total. The molecule has 1 heterocycles. The highest BCUT2D eigenvalue weighted by atomic mass is 79.9. The molecule has 1 aliphatic rings. The second-order valence-electron chi connectivity index (χ2n) is 4.64. The molecule has 0 bridgehead atoms. The SMILES string of the molecule is CCCn1ncc(NCC2(SC)CC2)c(Br)c1=O. The van der Waals surface area contributed by atoms with Crippen molar-refractivity contribution in [3.8, 4) is 0 Å². The third-order valence-corrected chi connectivity index (χ3v) is 5.45. The standard InChI is InChI=1S/C12H18BrN3OS/c1-3-6-16-11(17)10(13)9(7-15-16)14-8-12(18-2)4-5-12/h7,14H,3-6,8H2,1-2H3. The molecule has 1 saturated carbocycles. The molecular weight excluding hydrogens is 314 g/mol. The lowest BCUT2D eigenvalue weighted by Gasteiger charge is -2.15. The van der Waals surface area contributed by atoms with E-state index >= 15 is 0 Å². The Balaban J connectivity index is 2.10. The van der Waals surface area contributed by atoms with E-state index in [9.17, 15) is 4.79 Å². The minimum atomic E-state index is -0.0594. The molecule has 0 aromatic carbocycles. The fourth-order valence-corrected chi connectivity index (χ4v) is 2.98. The molecule has 6 heteroatoms. The second-order valence-corrected chi connectivity index (χ2v) is 6.71. The Labute approximate surface area is 120 Å². The first kappa shape index (κ1) is 13.9. The molecule has 1 aromatic heterocycles. The summed E-state index contributed by atoms with van der Waals surface area (Å²) in [6.07, 6.45) is 7.28. The van der Waals surface area contributed by atoms with Gasteiger partial charge in [-0.25, -0.2) is 4.68 Å². The van der Waals surface area contributed by atoms with Gasteiger partial charge in [0, 0.05) is 17.8 Å². The molecule has 0 saturated heterocycles. The van der Waals surface area contributed by atoms with Gasteiger partial charge in [0.15, 0.2) is 0 Å². The summed E-state index contributed by atoms with van der Waals surface area (Å²) in [7, 11) is 0. The average molecular weight is 332 g/mol. The largest absolute Gasteiger partial charge is 0.381 e. The summed E-state index contributed by atoms with van der Waals surface area (Å²) in [4.78, 5) is 12.0. The molecule has 2 rings (SSSR count). The molecule has 0 amide bonds. The van der Waals surface area contributed by atoms with Gasteiger partial charge in [0.05, 0.1) is 11.9 Å². The number of aromatic nitrogens is 2. The molecule has 1 aliphatic carbocycles. The van der Waals surface area contributed by atoms with Gasteiger partial charge in [-0.3, -0.25) is 4.79 Å². The minimum Gasteiger partial charge on any atom is -0.381 e.